The molecule has 43 heavy (non-hydrogen) atoms. The van der Waals surface area contributed by atoms with Crippen molar-refractivity contribution in [1.29, 1.82) is 0 Å². The monoisotopic (exact) mass is 641 g/mol. The molecule has 5 nitrogen and oxygen atoms in total. The Balaban J connectivity index is -0.00000382. The van der Waals surface area contributed by atoms with Gasteiger partial charge in [0.1, 0.15) is 0 Å². The Morgan fingerprint density at radius 1 is 0.535 bits per heavy atom. The molecule has 0 bridgehead atoms. The van der Waals surface area contributed by atoms with Crippen LogP contribution in [0.3, 0.4) is 0 Å². The number of hydrogen-bond acceptors (Lipinski definition) is 5. The van der Waals surface area contributed by atoms with Crippen molar-refractivity contribution in [1.82, 2.24) is 0 Å². The molecule has 254 valence electrons. The molecule has 7 heteroatoms. The number of aliphatic hydroxyl groups excluding tert-OH is 1. The van der Waals surface area contributed by atoms with Crippen LogP contribution in [0.4, 0.5) is 0 Å². The Morgan fingerprint density at radius 3 is 1.07 bits per heavy atom. The minimum absolute atomic E-state index is 0. The first-order chi connectivity index (χ1) is 20.4. The Labute approximate surface area is 292 Å². The number of allylic oxidation sites excluding steroid dienone is 2. The topological polar surface area (TPSA) is 86.7 Å². The molecule has 1 atom stereocenters. The van der Waals surface area contributed by atoms with Crippen LogP contribution in [0.2, 0.25) is 0 Å². The van der Waals surface area contributed by atoms with Crippen molar-refractivity contribution in [2.45, 2.75) is 213 Å². The van der Waals surface area contributed by atoms with E-state index in [4.69, 9.17) is 9.29 Å². The van der Waals surface area contributed by atoms with Crippen molar-refractivity contribution in [3.63, 3.8) is 0 Å². The third-order valence-electron chi connectivity index (χ3n) is 7.92. The van der Waals surface area contributed by atoms with E-state index in [2.05, 4.69) is 26.0 Å². The van der Waals surface area contributed by atoms with E-state index in [0.29, 0.717) is 12.8 Å². The van der Waals surface area contributed by atoms with Gasteiger partial charge in [0.25, 0.3) is 0 Å². The molecular weight excluding hydrogens is 567 g/mol. The summed E-state index contributed by atoms with van der Waals surface area (Å²) in [6.45, 7) is 6.46. The summed E-state index contributed by atoms with van der Waals surface area (Å²) >= 11 is 0. The van der Waals surface area contributed by atoms with Crippen molar-refractivity contribution in [3.8, 4) is 0 Å². The molecule has 0 spiro atoms. The van der Waals surface area contributed by atoms with E-state index in [9.17, 15) is 13.0 Å². The van der Waals surface area contributed by atoms with E-state index in [1.807, 2.05) is 0 Å². The summed E-state index contributed by atoms with van der Waals surface area (Å²) in [7, 11) is -4.62. The van der Waals surface area contributed by atoms with Crippen LogP contribution in [0.25, 0.3) is 0 Å². The normalized spacial score (nSPS) is 12.2. The van der Waals surface area contributed by atoms with Gasteiger partial charge in [-0.3, -0.25) is 4.18 Å². The molecule has 0 saturated heterocycles. The molecule has 0 aromatic heterocycles. The van der Waals surface area contributed by atoms with Crippen molar-refractivity contribution in [2.75, 3.05) is 6.61 Å². The quantitative estimate of drug-likeness (QED) is 0.0261. The first kappa shape index (κ1) is 48.0. The fourth-order valence-electron chi connectivity index (χ4n) is 5.42. The summed E-state index contributed by atoms with van der Waals surface area (Å²) in [5, 5.41) is 7.57. The fraction of sp³-hybridized carbons (Fsp3) is 0.944. The standard InChI is InChI=1S/C34H68O4S.C2H6O.Na/c1-3-5-7-9-11-13-15-17-18-19-21-23-25-27-29-31-33-34(38-39(35,36)37)32-30-28-26-24-22-20-16-14-12-10-8-6-4-2;1-2-3;/h17-18,34H,3-16,19-33H2,1-2H3,(H,35,36,37);3H,2H2,1H3;/q;;+1/p-1/b18-17-;;. The van der Waals surface area contributed by atoms with E-state index < -0.39 is 16.5 Å². The molecule has 0 radical (unpaired) electrons. The molecule has 0 rings (SSSR count). The van der Waals surface area contributed by atoms with Crippen LogP contribution >= 0.6 is 0 Å². The van der Waals surface area contributed by atoms with Gasteiger partial charge in [-0.25, -0.2) is 8.42 Å². The molecule has 0 heterocycles. The largest absolute Gasteiger partial charge is 1.00 e. The smallest absolute Gasteiger partial charge is 0.726 e. The van der Waals surface area contributed by atoms with Crippen LogP contribution in [0.5, 0.6) is 0 Å². The molecule has 0 aliphatic carbocycles. The van der Waals surface area contributed by atoms with Gasteiger partial charge in [-0.2, -0.15) is 0 Å². The molecule has 0 aliphatic rings. The van der Waals surface area contributed by atoms with Gasteiger partial charge < -0.3 is 9.66 Å². The van der Waals surface area contributed by atoms with Crippen LogP contribution < -0.4 is 29.6 Å². The summed E-state index contributed by atoms with van der Waals surface area (Å²) in [4.78, 5) is 0. The summed E-state index contributed by atoms with van der Waals surface area (Å²) in [5.74, 6) is 0. The Hall–Kier alpha value is 0.570. The zero-order valence-electron chi connectivity index (χ0n) is 29.4. The zero-order valence-corrected chi connectivity index (χ0v) is 32.3. The maximum Gasteiger partial charge on any atom is 1.00 e. The van der Waals surface area contributed by atoms with E-state index in [0.717, 1.165) is 25.7 Å². The maximum atomic E-state index is 11.2. The second kappa shape index (κ2) is 40.6. The molecule has 0 fully saturated rings. The van der Waals surface area contributed by atoms with Crippen molar-refractivity contribution >= 4 is 10.4 Å². The van der Waals surface area contributed by atoms with Gasteiger partial charge in [-0.1, -0.05) is 174 Å². The minimum Gasteiger partial charge on any atom is -0.726 e. The molecule has 0 saturated carbocycles. The summed E-state index contributed by atoms with van der Waals surface area (Å²) in [6, 6.07) is 0. The van der Waals surface area contributed by atoms with E-state index >= 15 is 0 Å². The van der Waals surface area contributed by atoms with E-state index in [1.54, 1.807) is 6.92 Å². The van der Waals surface area contributed by atoms with Crippen LogP contribution in [-0.2, 0) is 14.6 Å². The summed E-state index contributed by atoms with van der Waals surface area (Å²) in [6.07, 6.45) is 40.0. The molecule has 1 unspecified atom stereocenters. The Morgan fingerprint density at radius 2 is 0.791 bits per heavy atom. The van der Waals surface area contributed by atoms with Crippen molar-refractivity contribution in [2.24, 2.45) is 0 Å². The average Bonchev–Trinajstić information content (AvgIpc) is 2.94. The van der Waals surface area contributed by atoms with E-state index in [-0.39, 0.29) is 36.2 Å². The predicted molar refractivity (Wildman–Crippen MR) is 182 cm³/mol. The molecule has 0 aromatic carbocycles. The number of aliphatic hydroxyl groups is 1. The molecule has 0 amide bonds. The van der Waals surface area contributed by atoms with Crippen molar-refractivity contribution in [3.05, 3.63) is 12.2 Å². The first-order valence-corrected chi connectivity index (χ1v) is 19.6. The Kier molecular flexibility index (Phi) is 45.3. The number of hydrogen-bond donors (Lipinski definition) is 1. The van der Waals surface area contributed by atoms with Crippen LogP contribution in [0.1, 0.15) is 207 Å². The SMILES string of the molecule is CCCCCCCC/C=C\CCCCCCCCC(CCCCCCCCCCCCCCC)OS(=O)(=O)[O-].CCO.[Na+]. The van der Waals surface area contributed by atoms with Gasteiger partial charge in [0, 0.05) is 6.61 Å². The summed E-state index contributed by atoms with van der Waals surface area (Å²) < 4.78 is 38.4. The van der Waals surface area contributed by atoms with Gasteiger partial charge in [0.15, 0.2) is 0 Å². The second-order valence-corrected chi connectivity index (χ2v) is 13.2. The van der Waals surface area contributed by atoms with Crippen molar-refractivity contribution < 1.29 is 51.8 Å². The number of unbranched alkanes of at least 4 members (excludes halogenated alkanes) is 24. The molecule has 1 N–H and O–H groups in total. The zero-order chi connectivity index (χ0) is 31.4. The average molecular weight is 641 g/mol. The third-order valence-corrected chi connectivity index (χ3v) is 8.43. The predicted octanol–water partition coefficient (Wildman–Crippen LogP) is 8.74. The van der Waals surface area contributed by atoms with Crippen LogP contribution in [0.15, 0.2) is 12.2 Å². The number of rotatable bonds is 32. The minimum atomic E-state index is -4.62. The maximum absolute atomic E-state index is 11.2. The first-order valence-electron chi connectivity index (χ1n) is 18.3. The molecule has 0 aliphatic heterocycles. The second-order valence-electron chi connectivity index (χ2n) is 12.2. The van der Waals surface area contributed by atoms with Crippen LogP contribution in [-0.4, -0.2) is 30.8 Å². The van der Waals surface area contributed by atoms with Gasteiger partial charge in [0.2, 0.25) is 10.4 Å². The summed E-state index contributed by atoms with van der Waals surface area (Å²) in [5.41, 5.74) is 0. The Bertz CT molecular complexity index is 627. The van der Waals surface area contributed by atoms with E-state index in [1.165, 1.54) is 148 Å². The van der Waals surface area contributed by atoms with Gasteiger partial charge in [0.05, 0.1) is 6.10 Å². The molecule has 0 aromatic rings. The van der Waals surface area contributed by atoms with Gasteiger partial charge >= 0.3 is 29.6 Å². The van der Waals surface area contributed by atoms with Crippen LogP contribution in [0, 0.1) is 0 Å². The fourth-order valence-corrected chi connectivity index (χ4v) is 5.94. The van der Waals surface area contributed by atoms with Gasteiger partial charge in [-0.05, 0) is 45.4 Å². The third kappa shape index (κ3) is 47.1. The molecular formula is C36H73NaO5S. The van der Waals surface area contributed by atoms with Gasteiger partial charge in [-0.15, -0.1) is 0 Å².